The highest BCUT2D eigenvalue weighted by Gasteiger charge is 2.36. The zero-order valence-electron chi connectivity index (χ0n) is 18.7. The van der Waals surface area contributed by atoms with Crippen LogP contribution in [-0.4, -0.2) is 6.54 Å². The molecule has 0 radical (unpaired) electrons. The summed E-state index contributed by atoms with van der Waals surface area (Å²) in [7, 11) is 0. The van der Waals surface area contributed by atoms with Gasteiger partial charge in [0.05, 0.1) is 5.54 Å². The molecule has 3 aromatic rings. The van der Waals surface area contributed by atoms with Crippen LogP contribution in [0.1, 0.15) is 48.4 Å². The maximum absolute atomic E-state index is 4.06. The normalized spacial score (nSPS) is 16.2. The van der Waals surface area contributed by atoms with Gasteiger partial charge in [0.15, 0.2) is 0 Å². The first-order valence-corrected chi connectivity index (χ1v) is 11.5. The van der Waals surface area contributed by atoms with Gasteiger partial charge in [0, 0.05) is 6.54 Å². The van der Waals surface area contributed by atoms with Crippen molar-refractivity contribution < 1.29 is 0 Å². The van der Waals surface area contributed by atoms with Crippen LogP contribution in [0.4, 0.5) is 0 Å². The number of hydrogen-bond donors (Lipinski definition) is 1. The Labute approximate surface area is 187 Å². The fourth-order valence-corrected chi connectivity index (χ4v) is 4.74. The molecule has 0 spiro atoms. The lowest BCUT2D eigenvalue weighted by molar-refractivity contribution is 0.427. The van der Waals surface area contributed by atoms with Gasteiger partial charge in [0.25, 0.3) is 0 Å². The number of hydrogen-bond acceptors (Lipinski definition) is 1. The molecule has 1 aliphatic rings. The van der Waals surface area contributed by atoms with E-state index >= 15 is 0 Å². The van der Waals surface area contributed by atoms with E-state index in [1.165, 1.54) is 35.1 Å². The largest absolute Gasteiger partial charge is 0.299 e. The minimum Gasteiger partial charge on any atom is -0.299 e. The standard InChI is InChI=1S/C30H33N/c1-3-11-25-12-10-13-26(22-25)23-31-30(27-14-6-4-7-15-27,28-16-8-5-9-17-28)29-20-18-24(2)19-21-29/h4-10,12-21,26,31H,3,11,22-23H2,1-2H3. The number of rotatable bonds is 8. The summed E-state index contributed by atoms with van der Waals surface area (Å²) >= 11 is 0. The minimum atomic E-state index is -0.393. The summed E-state index contributed by atoms with van der Waals surface area (Å²) in [6, 6.07) is 30.8. The summed E-state index contributed by atoms with van der Waals surface area (Å²) in [5, 5.41) is 4.06. The number of nitrogens with one attached hydrogen (secondary N) is 1. The Kier molecular flexibility index (Phi) is 6.84. The van der Waals surface area contributed by atoms with E-state index in [9.17, 15) is 0 Å². The van der Waals surface area contributed by atoms with Gasteiger partial charge in [-0.05, 0) is 42.4 Å². The van der Waals surface area contributed by atoms with Crippen molar-refractivity contribution in [3.63, 3.8) is 0 Å². The molecule has 1 nitrogen and oxygen atoms in total. The van der Waals surface area contributed by atoms with Crippen LogP contribution < -0.4 is 5.32 Å². The van der Waals surface area contributed by atoms with Crippen molar-refractivity contribution in [2.75, 3.05) is 6.54 Å². The molecular formula is C30H33N. The van der Waals surface area contributed by atoms with E-state index in [4.69, 9.17) is 0 Å². The maximum atomic E-state index is 4.06. The monoisotopic (exact) mass is 407 g/mol. The summed E-state index contributed by atoms with van der Waals surface area (Å²) in [5.41, 5.74) is 6.28. The molecule has 3 aromatic carbocycles. The first-order valence-electron chi connectivity index (χ1n) is 11.5. The molecule has 0 saturated carbocycles. The van der Waals surface area contributed by atoms with Crippen LogP contribution >= 0.6 is 0 Å². The Hall–Kier alpha value is -2.90. The Bertz CT molecular complexity index is 974. The second-order valence-corrected chi connectivity index (χ2v) is 8.65. The van der Waals surface area contributed by atoms with Gasteiger partial charge >= 0.3 is 0 Å². The van der Waals surface area contributed by atoms with Crippen molar-refractivity contribution in [1.29, 1.82) is 0 Å². The van der Waals surface area contributed by atoms with Crippen LogP contribution in [0.5, 0.6) is 0 Å². The molecule has 0 amide bonds. The van der Waals surface area contributed by atoms with Crippen LogP contribution in [0.3, 0.4) is 0 Å². The van der Waals surface area contributed by atoms with Crippen LogP contribution in [0.2, 0.25) is 0 Å². The summed E-state index contributed by atoms with van der Waals surface area (Å²) in [4.78, 5) is 0. The van der Waals surface area contributed by atoms with Gasteiger partial charge < -0.3 is 0 Å². The summed E-state index contributed by atoms with van der Waals surface area (Å²) < 4.78 is 0. The van der Waals surface area contributed by atoms with Gasteiger partial charge in [-0.1, -0.05) is 128 Å². The average Bonchev–Trinajstić information content (AvgIpc) is 2.82. The van der Waals surface area contributed by atoms with Gasteiger partial charge in [0.1, 0.15) is 0 Å². The Morgan fingerprint density at radius 2 is 1.39 bits per heavy atom. The van der Waals surface area contributed by atoms with Crippen LogP contribution in [0.25, 0.3) is 0 Å². The average molecular weight is 408 g/mol. The van der Waals surface area contributed by atoms with E-state index in [0.717, 1.165) is 13.0 Å². The molecule has 0 bridgehead atoms. The van der Waals surface area contributed by atoms with Crippen molar-refractivity contribution in [1.82, 2.24) is 5.32 Å². The quantitative estimate of drug-likeness (QED) is 0.390. The second kappa shape index (κ2) is 9.94. The predicted octanol–water partition coefficient (Wildman–Crippen LogP) is 7.18. The summed E-state index contributed by atoms with van der Waals surface area (Å²) in [6.07, 6.45) is 10.5. The van der Waals surface area contributed by atoms with E-state index in [1.807, 2.05) is 0 Å². The third-order valence-electron chi connectivity index (χ3n) is 6.34. The molecular weight excluding hydrogens is 374 g/mol. The zero-order chi connectivity index (χ0) is 21.5. The summed E-state index contributed by atoms with van der Waals surface area (Å²) in [6.45, 7) is 5.34. The Balaban J connectivity index is 1.76. The SMILES string of the molecule is CCCC1=CC=CC(CNC(c2ccccc2)(c2ccccc2)c2ccc(C)cc2)C1. The molecule has 1 unspecified atom stereocenters. The smallest absolute Gasteiger partial charge is 0.0948 e. The first kappa shape index (κ1) is 21.3. The molecule has 0 fully saturated rings. The van der Waals surface area contributed by atoms with E-state index in [2.05, 4.69) is 122 Å². The molecule has 31 heavy (non-hydrogen) atoms. The Morgan fingerprint density at radius 1 is 0.806 bits per heavy atom. The zero-order valence-corrected chi connectivity index (χ0v) is 18.7. The molecule has 0 heterocycles. The third-order valence-corrected chi connectivity index (χ3v) is 6.34. The highest BCUT2D eigenvalue weighted by Crippen LogP contribution is 2.37. The number of benzene rings is 3. The fraction of sp³-hybridized carbons (Fsp3) is 0.267. The molecule has 0 aromatic heterocycles. The number of allylic oxidation sites excluding steroid dienone is 3. The second-order valence-electron chi connectivity index (χ2n) is 8.65. The van der Waals surface area contributed by atoms with Gasteiger partial charge in [-0.15, -0.1) is 0 Å². The first-order chi connectivity index (χ1) is 15.2. The highest BCUT2D eigenvalue weighted by atomic mass is 15.0. The predicted molar refractivity (Wildman–Crippen MR) is 132 cm³/mol. The van der Waals surface area contributed by atoms with Crippen LogP contribution in [0.15, 0.2) is 109 Å². The molecule has 1 N–H and O–H groups in total. The van der Waals surface area contributed by atoms with Crippen molar-refractivity contribution in [3.05, 3.63) is 131 Å². The van der Waals surface area contributed by atoms with Crippen molar-refractivity contribution in [2.24, 2.45) is 5.92 Å². The van der Waals surface area contributed by atoms with Crippen molar-refractivity contribution >= 4 is 0 Å². The van der Waals surface area contributed by atoms with E-state index < -0.39 is 5.54 Å². The molecule has 1 aliphatic carbocycles. The topological polar surface area (TPSA) is 12.0 Å². The van der Waals surface area contributed by atoms with Crippen LogP contribution in [0, 0.1) is 12.8 Å². The lowest BCUT2D eigenvalue weighted by Gasteiger charge is -2.38. The van der Waals surface area contributed by atoms with E-state index in [0.29, 0.717) is 5.92 Å². The lowest BCUT2D eigenvalue weighted by atomic mass is 9.76. The molecule has 4 rings (SSSR count). The lowest BCUT2D eigenvalue weighted by Crippen LogP contribution is -2.46. The van der Waals surface area contributed by atoms with Gasteiger partial charge in [-0.3, -0.25) is 5.32 Å². The van der Waals surface area contributed by atoms with E-state index in [1.54, 1.807) is 5.57 Å². The van der Waals surface area contributed by atoms with Crippen LogP contribution in [-0.2, 0) is 5.54 Å². The number of aryl methyl sites for hydroxylation is 1. The van der Waals surface area contributed by atoms with Gasteiger partial charge in [-0.2, -0.15) is 0 Å². The molecule has 1 atom stereocenters. The van der Waals surface area contributed by atoms with E-state index in [-0.39, 0.29) is 0 Å². The van der Waals surface area contributed by atoms with Crippen molar-refractivity contribution in [2.45, 2.75) is 38.6 Å². The minimum absolute atomic E-state index is 0.393. The van der Waals surface area contributed by atoms with Crippen molar-refractivity contribution in [3.8, 4) is 0 Å². The fourth-order valence-electron chi connectivity index (χ4n) is 4.74. The summed E-state index contributed by atoms with van der Waals surface area (Å²) in [5.74, 6) is 0.504. The highest BCUT2D eigenvalue weighted by molar-refractivity contribution is 5.50. The Morgan fingerprint density at radius 3 is 1.97 bits per heavy atom. The van der Waals surface area contributed by atoms with Gasteiger partial charge in [-0.25, -0.2) is 0 Å². The third kappa shape index (κ3) is 4.73. The maximum Gasteiger partial charge on any atom is 0.0948 e. The molecule has 0 saturated heterocycles. The molecule has 1 heteroatoms. The van der Waals surface area contributed by atoms with Gasteiger partial charge in [0.2, 0.25) is 0 Å². The molecule has 158 valence electrons. The molecule has 0 aliphatic heterocycles.